The van der Waals surface area contributed by atoms with Crippen molar-refractivity contribution in [3.63, 3.8) is 0 Å². The molecule has 1 rings (SSSR count). The van der Waals surface area contributed by atoms with E-state index in [1.807, 2.05) is 0 Å². The SMILES string of the molecule is CCCNCC(C)C(C)N1CC(C)CCC1C. The minimum absolute atomic E-state index is 0.706. The molecule has 1 aliphatic rings. The maximum atomic E-state index is 3.55. The Bertz CT molecular complexity index is 205. The van der Waals surface area contributed by atoms with Gasteiger partial charge in [-0.2, -0.15) is 0 Å². The van der Waals surface area contributed by atoms with Gasteiger partial charge in [-0.3, -0.25) is 4.90 Å². The largest absolute Gasteiger partial charge is 0.316 e. The third-order valence-corrected chi connectivity index (χ3v) is 4.41. The predicted octanol–water partition coefficient (Wildman–Crippen LogP) is 3.13. The van der Waals surface area contributed by atoms with Crippen LogP contribution in [0, 0.1) is 11.8 Å². The molecule has 2 heteroatoms. The summed E-state index contributed by atoms with van der Waals surface area (Å²) in [6.45, 7) is 15.4. The Morgan fingerprint density at radius 2 is 1.94 bits per heavy atom. The molecule has 1 fully saturated rings. The smallest absolute Gasteiger partial charge is 0.0108 e. The Morgan fingerprint density at radius 1 is 1.24 bits per heavy atom. The number of hydrogen-bond acceptors (Lipinski definition) is 2. The minimum Gasteiger partial charge on any atom is -0.316 e. The van der Waals surface area contributed by atoms with Crippen LogP contribution in [0.3, 0.4) is 0 Å². The molecule has 0 amide bonds. The van der Waals surface area contributed by atoms with Crippen LogP contribution in [-0.4, -0.2) is 36.6 Å². The molecule has 0 spiro atoms. The zero-order valence-electron chi connectivity index (χ0n) is 12.5. The van der Waals surface area contributed by atoms with E-state index < -0.39 is 0 Å². The molecule has 4 unspecified atom stereocenters. The van der Waals surface area contributed by atoms with Crippen LogP contribution in [0.25, 0.3) is 0 Å². The summed E-state index contributed by atoms with van der Waals surface area (Å²) < 4.78 is 0. The lowest BCUT2D eigenvalue weighted by molar-refractivity contribution is 0.0596. The monoisotopic (exact) mass is 240 g/mol. The first-order chi connectivity index (χ1) is 8.06. The normalized spacial score (nSPS) is 30.2. The molecule has 0 aliphatic carbocycles. The molecule has 17 heavy (non-hydrogen) atoms. The summed E-state index contributed by atoms with van der Waals surface area (Å²) >= 11 is 0. The average molecular weight is 240 g/mol. The molecule has 4 atom stereocenters. The molecular weight excluding hydrogens is 208 g/mol. The van der Waals surface area contributed by atoms with Gasteiger partial charge < -0.3 is 5.32 Å². The highest BCUT2D eigenvalue weighted by atomic mass is 15.2. The number of nitrogens with one attached hydrogen (secondary N) is 1. The highest BCUT2D eigenvalue weighted by molar-refractivity contribution is 4.83. The Balaban J connectivity index is 2.40. The van der Waals surface area contributed by atoms with Crippen molar-refractivity contribution in [3.05, 3.63) is 0 Å². The summed E-state index contributed by atoms with van der Waals surface area (Å²) in [5, 5.41) is 3.55. The van der Waals surface area contributed by atoms with Crippen molar-refractivity contribution >= 4 is 0 Å². The van der Waals surface area contributed by atoms with E-state index in [1.165, 1.54) is 25.8 Å². The van der Waals surface area contributed by atoms with Gasteiger partial charge in [-0.15, -0.1) is 0 Å². The van der Waals surface area contributed by atoms with Gasteiger partial charge in [0.2, 0.25) is 0 Å². The van der Waals surface area contributed by atoms with Crippen molar-refractivity contribution in [1.29, 1.82) is 0 Å². The van der Waals surface area contributed by atoms with Crippen molar-refractivity contribution in [2.24, 2.45) is 11.8 Å². The van der Waals surface area contributed by atoms with E-state index >= 15 is 0 Å². The second-order valence-corrected chi connectivity index (χ2v) is 6.15. The summed E-state index contributed by atoms with van der Waals surface area (Å²) in [5.74, 6) is 1.62. The molecule has 0 aromatic rings. The van der Waals surface area contributed by atoms with Crippen LogP contribution in [0.1, 0.15) is 53.9 Å². The first-order valence-electron chi connectivity index (χ1n) is 7.52. The standard InChI is InChI=1S/C15H32N2/c1-6-9-16-10-13(3)15(5)17-11-12(2)7-8-14(17)4/h12-16H,6-11H2,1-5H3. The van der Waals surface area contributed by atoms with Crippen LogP contribution in [0.5, 0.6) is 0 Å². The lowest BCUT2D eigenvalue weighted by atomic mass is 9.90. The van der Waals surface area contributed by atoms with Gasteiger partial charge in [0.05, 0.1) is 0 Å². The molecule has 0 aromatic heterocycles. The summed E-state index contributed by atoms with van der Waals surface area (Å²) in [7, 11) is 0. The van der Waals surface area contributed by atoms with E-state index in [0.717, 1.165) is 31.0 Å². The van der Waals surface area contributed by atoms with E-state index in [2.05, 4.69) is 44.8 Å². The number of hydrogen-bond donors (Lipinski definition) is 1. The molecule has 1 N–H and O–H groups in total. The molecule has 1 saturated heterocycles. The van der Waals surface area contributed by atoms with Crippen LogP contribution in [-0.2, 0) is 0 Å². The first-order valence-corrected chi connectivity index (χ1v) is 7.52. The molecular formula is C15H32N2. The van der Waals surface area contributed by atoms with Crippen LogP contribution in [0.15, 0.2) is 0 Å². The van der Waals surface area contributed by atoms with E-state index in [9.17, 15) is 0 Å². The third kappa shape index (κ3) is 4.59. The van der Waals surface area contributed by atoms with E-state index in [-0.39, 0.29) is 0 Å². The molecule has 1 aliphatic heterocycles. The summed E-state index contributed by atoms with van der Waals surface area (Å²) in [5.41, 5.74) is 0. The van der Waals surface area contributed by atoms with Gasteiger partial charge in [0, 0.05) is 18.6 Å². The van der Waals surface area contributed by atoms with Gasteiger partial charge in [0.15, 0.2) is 0 Å². The fourth-order valence-corrected chi connectivity index (χ4v) is 2.89. The van der Waals surface area contributed by atoms with Crippen molar-refractivity contribution in [1.82, 2.24) is 10.2 Å². The highest BCUT2D eigenvalue weighted by Gasteiger charge is 2.29. The van der Waals surface area contributed by atoms with Gasteiger partial charge in [0.25, 0.3) is 0 Å². The van der Waals surface area contributed by atoms with Gasteiger partial charge in [-0.05, 0) is 58.0 Å². The van der Waals surface area contributed by atoms with Gasteiger partial charge in [-0.25, -0.2) is 0 Å². The Hall–Kier alpha value is -0.0800. The number of nitrogens with zero attached hydrogens (tertiary/aromatic N) is 1. The molecule has 102 valence electrons. The Labute approximate surface area is 108 Å². The Morgan fingerprint density at radius 3 is 2.59 bits per heavy atom. The summed E-state index contributed by atoms with van der Waals surface area (Å²) in [4.78, 5) is 2.73. The van der Waals surface area contributed by atoms with Gasteiger partial charge >= 0.3 is 0 Å². The average Bonchev–Trinajstić information content (AvgIpc) is 2.31. The van der Waals surface area contributed by atoms with Crippen LogP contribution in [0.4, 0.5) is 0 Å². The van der Waals surface area contributed by atoms with Crippen molar-refractivity contribution in [2.45, 2.75) is 66.0 Å². The van der Waals surface area contributed by atoms with Crippen LogP contribution < -0.4 is 5.32 Å². The summed E-state index contributed by atoms with van der Waals surface area (Å²) in [6, 6.07) is 1.48. The number of piperidine rings is 1. The molecule has 2 nitrogen and oxygen atoms in total. The quantitative estimate of drug-likeness (QED) is 0.718. The van der Waals surface area contributed by atoms with Crippen molar-refractivity contribution in [3.8, 4) is 0 Å². The number of rotatable bonds is 6. The van der Waals surface area contributed by atoms with E-state index in [0.29, 0.717) is 6.04 Å². The van der Waals surface area contributed by atoms with Crippen LogP contribution >= 0.6 is 0 Å². The fraction of sp³-hybridized carbons (Fsp3) is 1.00. The lowest BCUT2D eigenvalue weighted by Crippen LogP contribution is -2.50. The molecule has 0 saturated carbocycles. The van der Waals surface area contributed by atoms with Crippen LogP contribution in [0.2, 0.25) is 0 Å². The number of likely N-dealkylation sites (tertiary alicyclic amines) is 1. The van der Waals surface area contributed by atoms with E-state index in [4.69, 9.17) is 0 Å². The maximum Gasteiger partial charge on any atom is 0.0108 e. The van der Waals surface area contributed by atoms with Crippen molar-refractivity contribution < 1.29 is 0 Å². The zero-order valence-corrected chi connectivity index (χ0v) is 12.5. The van der Waals surface area contributed by atoms with Crippen molar-refractivity contribution in [2.75, 3.05) is 19.6 Å². The first kappa shape index (κ1) is 15.0. The Kier molecular flexibility index (Phi) is 6.50. The molecule has 0 aromatic carbocycles. The van der Waals surface area contributed by atoms with Gasteiger partial charge in [0.1, 0.15) is 0 Å². The molecule has 1 heterocycles. The zero-order chi connectivity index (χ0) is 12.8. The second kappa shape index (κ2) is 7.38. The highest BCUT2D eigenvalue weighted by Crippen LogP contribution is 2.25. The van der Waals surface area contributed by atoms with E-state index in [1.54, 1.807) is 0 Å². The summed E-state index contributed by atoms with van der Waals surface area (Å²) in [6.07, 6.45) is 4.02. The topological polar surface area (TPSA) is 15.3 Å². The fourth-order valence-electron chi connectivity index (χ4n) is 2.89. The predicted molar refractivity (Wildman–Crippen MR) is 76.4 cm³/mol. The maximum absolute atomic E-state index is 3.55. The minimum atomic E-state index is 0.706. The van der Waals surface area contributed by atoms with Gasteiger partial charge in [-0.1, -0.05) is 20.8 Å². The molecule has 0 radical (unpaired) electrons. The third-order valence-electron chi connectivity index (χ3n) is 4.41. The lowest BCUT2D eigenvalue weighted by Gasteiger charge is -2.43. The second-order valence-electron chi connectivity index (χ2n) is 6.15. The molecule has 0 bridgehead atoms.